The van der Waals surface area contributed by atoms with Gasteiger partial charge in [-0.15, -0.1) is 0 Å². The molecule has 1 saturated carbocycles. The van der Waals surface area contributed by atoms with Crippen LogP contribution < -0.4 is 0 Å². The Labute approximate surface area is 145 Å². The second kappa shape index (κ2) is 8.51. The Kier molecular flexibility index (Phi) is 8.47. The van der Waals surface area contributed by atoms with E-state index >= 15 is 0 Å². The average Bonchev–Trinajstić information content (AvgIpc) is 2.76. The summed E-state index contributed by atoms with van der Waals surface area (Å²) in [4.78, 5) is 43.4. The summed E-state index contributed by atoms with van der Waals surface area (Å²) in [6.07, 6.45) is 3.57. The van der Waals surface area contributed by atoms with Gasteiger partial charge in [-0.25, -0.2) is 0 Å². The first-order valence-corrected chi connectivity index (χ1v) is 10.8. The number of halogens is 2. The minimum absolute atomic E-state index is 0.0903. The van der Waals surface area contributed by atoms with Crippen molar-refractivity contribution in [2.75, 3.05) is 0 Å². The quantitative estimate of drug-likeness (QED) is 0.400. The number of hydrogen-bond donors (Lipinski definition) is 0. The fourth-order valence-corrected chi connectivity index (χ4v) is 1.70. The van der Waals surface area contributed by atoms with E-state index in [1.54, 1.807) is 27.7 Å². The van der Waals surface area contributed by atoms with Gasteiger partial charge in [-0.3, -0.25) is 19.2 Å². The minimum atomic E-state index is -0.778. The van der Waals surface area contributed by atoms with Crippen molar-refractivity contribution < 1.29 is 30.5 Å². The summed E-state index contributed by atoms with van der Waals surface area (Å²) in [7, 11) is 0. The van der Waals surface area contributed by atoms with E-state index in [-0.39, 0.29) is 23.1 Å². The van der Waals surface area contributed by atoms with E-state index in [1.165, 1.54) is 23.5 Å². The number of carbonyl (C=O) groups excluding carboxylic acids is 4. The van der Waals surface area contributed by atoms with Crippen molar-refractivity contribution in [2.24, 2.45) is 10.8 Å². The van der Waals surface area contributed by atoms with Gasteiger partial charge in [0.1, 0.15) is 11.6 Å². The molecule has 0 radical (unpaired) electrons. The molecule has 0 saturated heterocycles. The van der Waals surface area contributed by atoms with Crippen molar-refractivity contribution in [1.82, 2.24) is 0 Å². The van der Waals surface area contributed by atoms with Crippen molar-refractivity contribution >= 4 is 51.4 Å². The number of rotatable bonds is 0. The summed E-state index contributed by atoms with van der Waals surface area (Å²) < 4.78 is 0. The molecule has 0 unspecified atom stereocenters. The Bertz CT molecular complexity index is 441. The van der Waals surface area contributed by atoms with Crippen LogP contribution in [0.1, 0.15) is 40.5 Å². The monoisotopic (exact) mass is 471 g/mol. The third-order valence-corrected chi connectivity index (χ3v) is 3.59. The molecular formula is C14H18Br2CuO4. The van der Waals surface area contributed by atoms with Crippen molar-refractivity contribution in [3.05, 3.63) is 12.2 Å². The number of ketones is 4. The summed E-state index contributed by atoms with van der Waals surface area (Å²) in [5, 5.41) is 0. The molecule has 0 amide bonds. The van der Waals surface area contributed by atoms with Gasteiger partial charge >= 0.3 is 39.6 Å². The van der Waals surface area contributed by atoms with Crippen LogP contribution in [0.2, 0.25) is 0 Å². The zero-order chi connectivity index (χ0) is 16.8. The van der Waals surface area contributed by atoms with Crippen LogP contribution >= 0.6 is 28.2 Å². The molecule has 2 rings (SSSR count). The molecule has 0 N–H and O–H groups in total. The van der Waals surface area contributed by atoms with Crippen LogP contribution in [-0.2, 0) is 30.5 Å². The Morgan fingerprint density at radius 3 is 1.19 bits per heavy atom. The molecule has 0 aromatic rings. The van der Waals surface area contributed by atoms with E-state index in [0.29, 0.717) is 12.8 Å². The second-order valence-electron chi connectivity index (χ2n) is 5.70. The number of allylic oxidation sites excluding steroid dienone is 2. The third-order valence-electron chi connectivity index (χ3n) is 3.59. The topological polar surface area (TPSA) is 68.3 Å². The molecular weight excluding hydrogens is 456 g/mol. The van der Waals surface area contributed by atoms with Crippen LogP contribution in [0.4, 0.5) is 0 Å². The van der Waals surface area contributed by atoms with E-state index < -0.39 is 10.8 Å². The van der Waals surface area contributed by atoms with E-state index in [4.69, 9.17) is 0 Å². The average molecular weight is 474 g/mol. The molecule has 2 aliphatic carbocycles. The fourth-order valence-electron chi connectivity index (χ4n) is 1.70. The van der Waals surface area contributed by atoms with Gasteiger partial charge in [0.05, 0.1) is 10.8 Å². The SMILES string of the molecule is CC1(C)C(=O)C=CC1=O.CC1(C)C(=O)CCC1=O.[Br][Cu][Br]. The number of carbonyl (C=O) groups is 4. The normalized spacial score (nSPS) is 21.8. The van der Waals surface area contributed by atoms with Crippen molar-refractivity contribution in [3.8, 4) is 0 Å². The van der Waals surface area contributed by atoms with E-state index in [0.717, 1.165) is 0 Å². The van der Waals surface area contributed by atoms with Crippen LogP contribution in [0, 0.1) is 10.8 Å². The van der Waals surface area contributed by atoms with Gasteiger partial charge in [0, 0.05) is 12.8 Å². The Morgan fingerprint density at radius 1 is 0.810 bits per heavy atom. The molecule has 7 heteroatoms. The fraction of sp³-hybridized carbons (Fsp3) is 0.571. The summed E-state index contributed by atoms with van der Waals surface area (Å²) >= 11 is 7.38. The van der Waals surface area contributed by atoms with Crippen molar-refractivity contribution in [3.63, 3.8) is 0 Å². The van der Waals surface area contributed by atoms with Crippen LogP contribution in [0.5, 0.6) is 0 Å². The van der Waals surface area contributed by atoms with E-state index in [2.05, 4.69) is 28.2 Å². The maximum atomic E-state index is 10.9. The molecule has 2 aliphatic rings. The Morgan fingerprint density at radius 2 is 1.10 bits per heavy atom. The van der Waals surface area contributed by atoms with Gasteiger partial charge in [-0.1, -0.05) is 0 Å². The molecule has 0 aliphatic heterocycles. The van der Waals surface area contributed by atoms with Gasteiger partial charge < -0.3 is 0 Å². The van der Waals surface area contributed by atoms with E-state index in [1.807, 2.05) is 0 Å². The molecule has 0 aromatic heterocycles. The number of hydrogen-bond acceptors (Lipinski definition) is 4. The molecule has 21 heavy (non-hydrogen) atoms. The second-order valence-corrected chi connectivity index (χ2v) is 10.5. The van der Waals surface area contributed by atoms with Gasteiger partial charge in [0.2, 0.25) is 0 Å². The summed E-state index contributed by atoms with van der Waals surface area (Å²) in [6, 6.07) is 0. The van der Waals surface area contributed by atoms with Crippen LogP contribution in [-0.4, -0.2) is 23.1 Å². The first-order chi connectivity index (χ1) is 9.51. The Hall–Kier alpha value is -0.101. The third kappa shape index (κ3) is 5.55. The van der Waals surface area contributed by atoms with Gasteiger partial charge in [-0.05, 0) is 39.8 Å². The predicted molar refractivity (Wildman–Crippen MR) is 83.8 cm³/mol. The van der Waals surface area contributed by atoms with Gasteiger partial charge in [0.15, 0.2) is 11.6 Å². The van der Waals surface area contributed by atoms with Crippen LogP contribution in [0.25, 0.3) is 0 Å². The first kappa shape index (κ1) is 20.9. The number of Topliss-reactive ketones (excluding diaryl/α,β-unsaturated/α-hetero) is 2. The zero-order valence-corrected chi connectivity index (χ0v) is 16.4. The predicted octanol–water partition coefficient (Wildman–Crippen LogP) is 3.35. The molecule has 0 aromatic carbocycles. The zero-order valence-electron chi connectivity index (χ0n) is 12.3. The Balaban J connectivity index is 0.000000322. The maximum absolute atomic E-state index is 10.9. The summed E-state index contributed by atoms with van der Waals surface area (Å²) in [5.74, 6) is 0.00000000000000111. The molecule has 0 heterocycles. The first-order valence-electron chi connectivity index (χ1n) is 6.16. The van der Waals surface area contributed by atoms with Crippen LogP contribution in [0.3, 0.4) is 0 Å². The molecule has 1 fully saturated rings. The van der Waals surface area contributed by atoms with Gasteiger partial charge in [-0.2, -0.15) is 0 Å². The summed E-state index contributed by atoms with van der Waals surface area (Å²) in [5.41, 5.74) is -1.44. The van der Waals surface area contributed by atoms with Gasteiger partial charge in [0.25, 0.3) is 0 Å². The molecule has 0 spiro atoms. The standard InChI is InChI=1S/C7H10O2.C7H8O2.2BrH.Cu/c2*1-7(2)5(8)3-4-6(7)9;;;/h3-4H2,1-2H3;3-4H,1-2H3;2*1H;/q;;;;+2/p-2. The molecule has 4 nitrogen and oxygen atoms in total. The van der Waals surface area contributed by atoms with Crippen LogP contribution in [0.15, 0.2) is 12.2 Å². The molecule has 0 bridgehead atoms. The van der Waals surface area contributed by atoms with E-state index in [9.17, 15) is 19.2 Å². The summed E-state index contributed by atoms with van der Waals surface area (Å²) in [6.45, 7) is 6.67. The van der Waals surface area contributed by atoms with Crippen molar-refractivity contribution in [1.29, 1.82) is 0 Å². The van der Waals surface area contributed by atoms with Crippen molar-refractivity contribution in [2.45, 2.75) is 40.5 Å². The molecule has 123 valence electrons. The molecule has 0 atom stereocenters.